The van der Waals surface area contributed by atoms with Gasteiger partial charge in [-0.15, -0.1) is 0 Å². The van der Waals surface area contributed by atoms with Crippen molar-refractivity contribution >= 4 is 5.97 Å². The summed E-state index contributed by atoms with van der Waals surface area (Å²) in [6, 6.07) is 5.74. The van der Waals surface area contributed by atoms with Crippen LogP contribution in [0.3, 0.4) is 0 Å². The maximum atomic E-state index is 12.6. The molecule has 0 aliphatic carbocycles. The molecule has 0 amide bonds. The largest absolute Gasteiger partial charge is 0.496 e. The molecular formula is C25H27N3O5. The van der Waals surface area contributed by atoms with Crippen LogP contribution in [0.5, 0.6) is 5.75 Å². The van der Waals surface area contributed by atoms with E-state index in [1.54, 1.807) is 7.11 Å². The van der Waals surface area contributed by atoms with Gasteiger partial charge in [0, 0.05) is 41.2 Å². The average molecular weight is 450 g/mol. The van der Waals surface area contributed by atoms with Gasteiger partial charge in [0.25, 0.3) is 0 Å². The Balaban J connectivity index is 1.68. The third kappa shape index (κ3) is 3.54. The monoisotopic (exact) mass is 449 g/mol. The van der Waals surface area contributed by atoms with Gasteiger partial charge in [0.1, 0.15) is 11.3 Å². The highest BCUT2D eigenvalue weighted by atomic mass is 16.5. The SMILES string of the molecule is COc1cc2c(cc1-c1cnn(C3COC3)c1)CC(C(C)(C)C)n1cc(C(=O)O)c(=O)cc1-2. The summed E-state index contributed by atoms with van der Waals surface area (Å²) in [5.41, 5.74) is 3.70. The normalized spacial score (nSPS) is 17.8. The molecule has 1 atom stereocenters. The molecule has 0 bridgehead atoms. The number of hydrogen-bond donors (Lipinski definition) is 1. The zero-order valence-corrected chi connectivity index (χ0v) is 19.2. The summed E-state index contributed by atoms with van der Waals surface area (Å²) >= 11 is 0. The Morgan fingerprint density at radius 2 is 1.94 bits per heavy atom. The molecule has 5 rings (SSSR count). The van der Waals surface area contributed by atoms with Crippen molar-refractivity contribution in [2.24, 2.45) is 5.41 Å². The van der Waals surface area contributed by atoms with Gasteiger partial charge in [-0.1, -0.05) is 20.8 Å². The van der Waals surface area contributed by atoms with Crippen LogP contribution in [0.4, 0.5) is 0 Å². The first kappa shape index (κ1) is 21.5. The summed E-state index contributed by atoms with van der Waals surface area (Å²) in [6.45, 7) is 7.71. The molecule has 1 aromatic carbocycles. The Labute approximate surface area is 191 Å². The van der Waals surface area contributed by atoms with Crippen molar-refractivity contribution in [1.29, 1.82) is 0 Å². The molecule has 1 unspecified atom stereocenters. The van der Waals surface area contributed by atoms with E-state index in [0.29, 0.717) is 31.1 Å². The number of rotatable bonds is 4. The third-order valence-electron chi connectivity index (χ3n) is 6.67. The van der Waals surface area contributed by atoms with E-state index in [0.717, 1.165) is 22.3 Å². The van der Waals surface area contributed by atoms with E-state index in [2.05, 4.69) is 31.9 Å². The summed E-state index contributed by atoms with van der Waals surface area (Å²) in [5, 5.41) is 14.0. The highest BCUT2D eigenvalue weighted by molar-refractivity contribution is 5.88. The highest BCUT2D eigenvalue weighted by Crippen LogP contribution is 2.45. The third-order valence-corrected chi connectivity index (χ3v) is 6.67. The Morgan fingerprint density at radius 3 is 2.55 bits per heavy atom. The second-order valence-corrected chi connectivity index (χ2v) is 9.84. The summed E-state index contributed by atoms with van der Waals surface area (Å²) in [7, 11) is 1.62. The Morgan fingerprint density at radius 1 is 1.18 bits per heavy atom. The van der Waals surface area contributed by atoms with Gasteiger partial charge < -0.3 is 19.1 Å². The van der Waals surface area contributed by atoms with Gasteiger partial charge in [-0.3, -0.25) is 9.48 Å². The Bertz CT molecular complexity index is 1310. The summed E-state index contributed by atoms with van der Waals surface area (Å²) in [6.07, 6.45) is 6.04. The van der Waals surface area contributed by atoms with Crippen LogP contribution in [0.2, 0.25) is 0 Å². The van der Waals surface area contributed by atoms with Crippen LogP contribution in [0, 0.1) is 5.41 Å². The van der Waals surface area contributed by atoms with Crippen molar-refractivity contribution in [1.82, 2.24) is 14.3 Å². The van der Waals surface area contributed by atoms with E-state index in [1.807, 2.05) is 27.7 Å². The van der Waals surface area contributed by atoms with Crippen molar-refractivity contribution in [3.05, 3.63) is 58.1 Å². The molecule has 2 aromatic heterocycles. The van der Waals surface area contributed by atoms with Crippen LogP contribution in [0.1, 0.15) is 48.8 Å². The Hall–Kier alpha value is -3.39. The average Bonchev–Trinajstić information content (AvgIpc) is 3.18. The van der Waals surface area contributed by atoms with Crippen LogP contribution in [0.25, 0.3) is 22.4 Å². The predicted molar refractivity (Wildman–Crippen MR) is 123 cm³/mol. The zero-order valence-electron chi connectivity index (χ0n) is 19.2. The molecule has 0 spiro atoms. The van der Waals surface area contributed by atoms with Gasteiger partial charge in [0.15, 0.2) is 5.43 Å². The molecule has 8 heteroatoms. The van der Waals surface area contributed by atoms with Gasteiger partial charge in [-0.25, -0.2) is 4.79 Å². The molecule has 1 N–H and O–H groups in total. The Kier molecular flexibility index (Phi) is 4.93. The minimum absolute atomic E-state index is 0.0187. The molecule has 33 heavy (non-hydrogen) atoms. The highest BCUT2D eigenvalue weighted by Gasteiger charge is 2.34. The fourth-order valence-electron chi connectivity index (χ4n) is 4.69. The number of nitrogens with zero attached hydrogens (tertiary/aromatic N) is 3. The van der Waals surface area contributed by atoms with Crippen molar-refractivity contribution < 1.29 is 19.4 Å². The number of aromatic carboxylic acids is 1. The smallest absolute Gasteiger partial charge is 0.341 e. The molecule has 1 saturated heterocycles. The van der Waals surface area contributed by atoms with E-state index in [1.165, 1.54) is 12.3 Å². The molecule has 2 aliphatic rings. The maximum absolute atomic E-state index is 12.6. The number of carboxylic acids is 1. The zero-order chi connectivity index (χ0) is 23.5. The molecule has 8 nitrogen and oxygen atoms in total. The second-order valence-electron chi connectivity index (χ2n) is 9.84. The van der Waals surface area contributed by atoms with Crippen molar-refractivity contribution in [2.45, 2.75) is 39.3 Å². The molecule has 1 fully saturated rings. The fraction of sp³-hybridized carbons (Fsp3) is 0.400. The topological polar surface area (TPSA) is 95.6 Å². The van der Waals surface area contributed by atoms with Gasteiger partial charge in [0.2, 0.25) is 0 Å². The number of ether oxygens (including phenoxy) is 2. The minimum atomic E-state index is -1.21. The van der Waals surface area contributed by atoms with E-state index in [9.17, 15) is 14.7 Å². The van der Waals surface area contributed by atoms with Crippen LogP contribution < -0.4 is 10.2 Å². The number of hydrogen-bond acceptors (Lipinski definition) is 5. The first-order chi connectivity index (χ1) is 15.7. The number of carbonyl (C=O) groups is 1. The standard InChI is InChI=1S/C25H27N3O5/c1-25(2,3)23-6-14-5-18(15-9-26-28(10-15)16-12-33-13-16)22(32-4)7-17(14)20-8-21(29)19(24(30)31)11-27(20)23/h5,7-11,16,23H,6,12-13H2,1-4H3,(H,30,31). The number of carboxylic acid groups (broad SMARTS) is 1. The molecule has 0 radical (unpaired) electrons. The summed E-state index contributed by atoms with van der Waals surface area (Å²) in [5.74, 6) is -0.538. The maximum Gasteiger partial charge on any atom is 0.341 e. The molecule has 0 saturated carbocycles. The minimum Gasteiger partial charge on any atom is -0.496 e. The van der Waals surface area contributed by atoms with Gasteiger partial charge >= 0.3 is 5.97 Å². The number of aromatic nitrogens is 3. The van der Waals surface area contributed by atoms with Gasteiger partial charge in [-0.2, -0.15) is 5.10 Å². The van der Waals surface area contributed by atoms with Crippen molar-refractivity contribution in [2.75, 3.05) is 20.3 Å². The lowest BCUT2D eigenvalue weighted by Gasteiger charge is -2.39. The first-order valence-corrected chi connectivity index (χ1v) is 11.0. The van der Waals surface area contributed by atoms with E-state index >= 15 is 0 Å². The quantitative estimate of drug-likeness (QED) is 0.651. The summed E-state index contributed by atoms with van der Waals surface area (Å²) < 4.78 is 14.9. The van der Waals surface area contributed by atoms with Crippen LogP contribution >= 0.6 is 0 Å². The summed E-state index contributed by atoms with van der Waals surface area (Å²) in [4.78, 5) is 24.2. The lowest BCUT2D eigenvalue weighted by Crippen LogP contribution is -2.32. The van der Waals surface area contributed by atoms with E-state index < -0.39 is 11.4 Å². The second kappa shape index (κ2) is 7.59. The molecule has 3 aromatic rings. The van der Waals surface area contributed by atoms with Crippen LogP contribution in [0.15, 0.2) is 41.6 Å². The number of methoxy groups -OCH3 is 1. The number of pyridine rings is 1. The molecule has 4 heterocycles. The van der Waals surface area contributed by atoms with Gasteiger partial charge in [-0.05, 0) is 29.5 Å². The molecular weight excluding hydrogens is 422 g/mol. The van der Waals surface area contributed by atoms with Gasteiger partial charge in [0.05, 0.1) is 38.3 Å². The van der Waals surface area contributed by atoms with E-state index in [4.69, 9.17) is 9.47 Å². The van der Waals surface area contributed by atoms with E-state index in [-0.39, 0.29) is 23.1 Å². The van der Waals surface area contributed by atoms with Crippen molar-refractivity contribution in [3.63, 3.8) is 0 Å². The van der Waals surface area contributed by atoms with Crippen LogP contribution in [-0.2, 0) is 11.2 Å². The van der Waals surface area contributed by atoms with Crippen LogP contribution in [-0.4, -0.2) is 45.7 Å². The number of fused-ring (bicyclic) bond motifs is 3. The fourth-order valence-corrected chi connectivity index (χ4v) is 4.69. The number of benzene rings is 1. The first-order valence-electron chi connectivity index (χ1n) is 11.0. The molecule has 172 valence electrons. The van der Waals surface area contributed by atoms with Crippen molar-refractivity contribution in [3.8, 4) is 28.1 Å². The lowest BCUT2D eigenvalue weighted by atomic mass is 9.78. The lowest BCUT2D eigenvalue weighted by molar-refractivity contribution is -0.0286. The predicted octanol–water partition coefficient (Wildman–Crippen LogP) is 3.80. The molecule has 2 aliphatic heterocycles.